The Morgan fingerprint density at radius 2 is 1.57 bits per heavy atom. The average Bonchev–Trinajstić information content (AvgIpc) is 2.73. The van der Waals surface area contributed by atoms with Gasteiger partial charge in [0.25, 0.3) is 5.91 Å². The Labute approximate surface area is 168 Å². The zero-order chi connectivity index (χ0) is 19.9. The average molecular weight is 379 g/mol. The van der Waals surface area contributed by atoms with Gasteiger partial charge in [0.1, 0.15) is 0 Å². The minimum Gasteiger partial charge on any atom is -0.345 e. The quantitative estimate of drug-likeness (QED) is 0.767. The largest absolute Gasteiger partial charge is 0.345 e. The van der Waals surface area contributed by atoms with Crippen molar-refractivity contribution in [2.75, 3.05) is 27.2 Å². The van der Waals surface area contributed by atoms with Crippen molar-refractivity contribution in [1.29, 1.82) is 0 Å². The van der Waals surface area contributed by atoms with Crippen molar-refractivity contribution in [3.8, 4) is 0 Å². The molecule has 1 aliphatic rings. The van der Waals surface area contributed by atoms with E-state index >= 15 is 0 Å². The van der Waals surface area contributed by atoms with Gasteiger partial charge in [-0.15, -0.1) is 0 Å². The number of piperidine rings is 1. The minimum atomic E-state index is 0.000926. The van der Waals surface area contributed by atoms with E-state index in [1.807, 2.05) is 29.2 Å². The van der Waals surface area contributed by atoms with Crippen molar-refractivity contribution < 1.29 is 9.59 Å². The summed E-state index contributed by atoms with van der Waals surface area (Å²) >= 11 is 0. The molecule has 2 aromatic carbocycles. The molecule has 0 unspecified atom stereocenters. The van der Waals surface area contributed by atoms with E-state index in [2.05, 4.69) is 30.3 Å². The summed E-state index contributed by atoms with van der Waals surface area (Å²) in [4.78, 5) is 28.1. The van der Waals surface area contributed by atoms with Gasteiger partial charge in [-0.3, -0.25) is 9.59 Å². The maximum absolute atomic E-state index is 12.6. The number of likely N-dealkylation sites (tertiary alicyclic amines) is 1. The monoisotopic (exact) mass is 378 g/mol. The second kappa shape index (κ2) is 9.54. The number of hydrogen-bond donors (Lipinski definition) is 0. The van der Waals surface area contributed by atoms with Crippen molar-refractivity contribution in [3.05, 3.63) is 71.3 Å². The molecule has 4 heteroatoms. The first-order valence-corrected chi connectivity index (χ1v) is 10.1. The van der Waals surface area contributed by atoms with Crippen LogP contribution in [0.25, 0.3) is 0 Å². The van der Waals surface area contributed by atoms with Crippen LogP contribution in [0.15, 0.2) is 54.6 Å². The van der Waals surface area contributed by atoms with Gasteiger partial charge in [0.2, 0.25) is 5.91 Å². The lowest BCUT2D eigenvalue weighted by atomic mass is 9.90. The van der Waals surface area contributed by atoms with E-state index < -0.39 is 0 Å². The molecule has 148 valence electrons. The van der Waals surface area contributed by atoms with Crippen molar-refractivity contribution in [1.82, 2.24) is 9.80 Å². The second-order valence-electron chi connectivity index (χ2n) is 7.91. The predicted molar refractivity (Wildman–Crippen MR) is 112 cm³/mol. The molecule has 0 atom stereocenters. The van der Waals surface area contributed by atoms with Crippen LogP contribution in [0.3, 0.4) is 0 Å². The van der Waals surface area contributed by atoms with Crippen LogP contribution in [0.2, 0.25) is 0 Å². The number of hydrogen-bond acceptors (Lipinski definition) is 2. The number of rotatable bonds is 6. The zero-order valence-corrected chi connectivity index (χ0v) is 16.9. The normalized spacial score (nSPS) is 14.7. The number of benzene rings is 2. The molecular formula is C24H30N2O2. The van der Waals surface area contributed by atoms with Gasteiger partial charge in [0, 0.05) is 39.2 Å². The van der Waals surface area contributed by atoms with E-state index in [4.69, 9.17) is 0 Å². The molecule has 0 bridgehead atoms. The first-order valence-electron chi connectivity index (χ1n) is 10.1. The molecule has 0 saturated carbocycles. The highest BCUT2D eigenvalue weighted by atomic mass is 16.2. The van der Waals surface area contributed by atoms with Crippen molar-refractivity contribution in [3.63, 3.8) is 0 Å². The zero-order valence-electron chi connectivity index (χ0n) is 16.9. The van der Waals surface area contributed by atoms with E-state index in [1.165, 1.54) is 5.56 Å². The van der Waals surface area contributed by atoms with Crippen LogP contribution in [0, 0.1) is 5.92 Å². The number of carbonyl (C=O) groups excluding carboxylic acids is 2. The molecule has 0 aliphatic carbocycles. The van der Waals surface area contributed by atoms with Crippen LogP contribution >= 0.6 is 0 Å². The molecule has 1 saturated heterocycles. The summed E-state index contributed by atoms with van der Waals surface area (Å²) in [6, 6.07) is 18.2. The van der Waals surface area contributed by atoms with Gasteiger partial charge in [0.05, 0.1) is 0 Å². The first-order chi connectivity index (χ1) is 13.5. The molecule has 28 heavy (non-hydrogen) atoms. The van der Waals surface area contributed by atoms with Crippen molar-refractivity contribution in [2.45, 2.75) is 32.1 Å². The summed E-state index contributed by atoms with van der Waals surface area (Å²) in [6.07, 6.45) is 4.54. The lowest BCUT2D eigenvalue weighted by Gasteiger charge is -2.32. The van der Waals surface area contributed by atoms with Crippen molar-refractivity contribution >= 4 is 11.8 Å². The second-order valence-corrected chi connectivity index (χ2v) is 7.91. The maximum Gasteiger partial charge on any atom is 0.253 e. The number of nitrogens with zero attached hydrogens (tertiary/aromatic N) is 2. The van der Waals surface area contributed by atoms with E-state index in [9.17, 15) is 9.59 Å². The Hall–Kier alpha value is -2.62. The third-order valence-electron chi connectivity index (χ3n) is 5.57. The Morgan fingerprint density at radius 1 is 0.929 bits per heavy atom. The number of carbonyl (C=O) groups is 2. The van der Waals surface area contributed by atoms with Gasteiger partial charge in [-0.1, -0.05) is 42.5 Å². The van der Waals surface area contributed by atoms with E-state index in [0.717, 1.165) is 44.3 Å². The van der Waals surface area contributed by atoms with E-state index in [-0.39, 0.29) is 11.8 Å². The highest BCUT2D eigenvalue weighted by Gasteiger charge is 2.22. The van der Waals surface area contributed by atoms with Crippen LogP contribution in [-0.4, -0.2) is 48.8 Å². The summed E-state index contributed by atoms with van der Waals surface area (Å²) in [5.74, 6) is 0.917. The number of amides is 2. The molecule has 4 nitrogen and oxygen atoms in total. The summed E-state index contributed by atoms with van der Waals surface area (Å²) in [5, 5.41) is 0. The molecule has 0 spiro atoms. The highest BCUT2D eigenvalue weighted by Crippen LogP contribution is 2.22. The lowest BCUT2D eigenvalue weighted by molar-refractivity contribution is -0.132. The molecule has 0 aromatic heterocycles. The minimum absolute atomic E-state index is 0.000926. The third-order valence-corrected chi connectivity index (χ3v) is 5.57. The molecule has 2 aromatic rings. The molecule has 0 radical (unpaired) electrons. The molecule has 2 amide bonds. The van der Waals surface area contributed by atoms with Gasteiger partial charge >= 0.3 is 0 Å². The third kappa shape index (κ3) is 5.44. The van der Waals surface area contributed by atoms with Crippen LogP contribution in [0.1, 0.15) is 40.7 Å². The van der Waals surface area contributed by atoms with Gasteiger partial charge in [0.15, 0.2) is 0 Å². The van der Waals surface area contributed by atoms with Gasteiger partial charge in [-0.05, 0) is 54.9 Å². The van der Waals surface area contributed by atoms with Gasteiger partial charge < -0.3 is 9.80 Å². The smallest absolute Gasteiger partial charge is 0.253 e. The van der Waals surface area contributed by atoms with Gasteiger partial charge in [-0.25, -0.2) is 0 Å². The fourth-order valence-corrected chi connectivity index (χ4v) is 3.82. The van der Waals surface area contributed by atoms with E-state index in [1.54, 1.807) is 19.0 Å². The predicted octanol–water partition coefficient (Wildman–Crippen LogP) is 3.80. The van der Waals surface area contributed by atoms with E-state index in [0.29, 0.717) is 17.9 Å². The Kier molecular flexibility index (Phi) is 6.85. The van der Waals surface area contributed by atoms with Crippen molar-refractivity contribution in [2.24, 2.45) is 5.92 Å². The van der Waals surface area contributed by atoms with Crippen LogP contribution < -0.4 is 0 Å². The maximum atomic E-state index is 12.6. The highest BCUT2D eigenvalue weighted by molar-refractivity contribution is 5.93. The number of aryl methyl sites for hydroxylation is 1. The summed E-state index contributed by atoms with van der Waals surface area (Å²) in [5.41, 5.74) is 3.17. The molecule has 1 heterocycles. The standard InChI is InChI=1S/C24H30N2O2/c1-25(2)24(28)22-11-8-19(9-12-22)10-13-23(27)26-16-14-21(15-17-26)18-20-6-4-3-5-7-20/h3-9,11-12,21H,10,13-18H2,1-2H3. The summed E-state index contributed by atoms with van der Waals surface area (Å²) in [7, 11) is 3.50. The summed E-state index contributed by atoms with van der Waals surface area (Å²) < 4.78 is 0. The first kappa shape index (κ1) is 20.1. The Morgan fingerprint density at radius 3 is 2.18 bits per heavy atom. The Balaban J connectivity index is 1.43. The summed E-state index contributed by atoms with van der Waals surface area (Å²) in [6.45, 7) is 1.74. The molecule has 1 fully saturated rings. The van der Waals surface area contributed by atoms with Crippen LogP contribution in [0.4, 0.5) is 0 Å². The fourth-order valence-electron chi connectivity index (χ4n) is 3.82. The molecule has 1 aliphatic heterocycles. The van der Waals surface area contributed by atoms with Crippen LogP contribution in [0.5, 0.6) is 0 Å². The Bertz CT molecular complexity index is 776. The molecular weight excluding hydrogens is 348 g/mol. The van der Waals surface area contributed by atoms with Crippen LogP contribution in [-0.2, 0) is 17.6 Å². The lowest BCUT2D eigenvalue weighted by Crippen LogP contribution is -2.39. The molecule has 3 rings (SSSR count). The molecule has 0 N–H and O–H groups in total. The SMILES string of the molecule is CN(C)C(=O)c1ccc(CCC(=O)N2CCC(Cc3ccccc3)CC2)cc1. The topological polar surface area (TPSA) is 40.6 Å². The van der Waals surface area contributed by atoms with Gasteiger partial charge in [-0.2, -0.15) is 0 Å². The fraction of sp³-hybridized carbons (Fsp3) is 0.417.